The number of rotatable bonds is 5. The van der Waals surface area contributed by atoms with E-state index in [1.54, 1.807) is 0 Å². The zero-order valence-corrected chi connectivity index (χ0v) is 12.7. The van der Waals surface area contributed by atoms with Gasteiger partial charge in [-0.3, -0.25) is 4.79 Å². The predicted octanol–water partition coefficient (Wildman–Crippen LogP) is 3.81. The monoisotopic (exact) mass is 295 g/mol. The minimum Gasteiger partial charge on any atom is -0.481 e. The number of nitrogens with zero attached hydrogens (tertiary/aromatic N) is 1. The number of halogens is 1. The molecule has 0 saturated heterocycles. The molecule has 0 bridgehead atoms. The van der Waals surface area contributed by atoms with Crippen molar-refractivity contribution in [2.45, 2.75) is 38.6 Å². The highest BCUT2D eigenvalue weighted by Gasteiger charge is 2.40. The maximum absolute atomic E-state index is 11.7. The van der Waals surface area contributed by atoms with Crippen molar-refractivity contribution in [1.29, 1.82) is 0 Å². The molecule has 0 atom stereocenters. The fourth-order valence-electron chi connectivity index (χ4n) is 3.19. The molecule has 0 spiro atoms. The Balaban J connectivity index is 2.01. The lowest BCUT2D eigenvalue weighted by Crippen LogP contribution is -2.43. The van der Waals surface area contributed by atoms with Crippen molar-refractivity contribution in [2.75, 3.05) is 13.6 Å². The van der Waals surface area contributed by atoms with E-state index in [1.165, 1.54) is 0 Å². The van der Waals surface area contributed by atoms with Crippen molar-refractivity contribution in [3.8, 4) is 0 Å². The maximum Gasteiger partial charge on any atom is 0.310 e. The van der Waals surface area contributed by atoms with Gasteiger partial charge in [-0.25, -0.2) is 0 Å². The molecule has 0 unspecified atom stereocenters. The van der Waals surface area contributed by atoms with Gasteiger partial charge in [0.25, 0.3) is 0 Å². The Kier molecular flexibility index (Phi) is 5.06. The van der Waals surface area contributed by atoms with Crippen molar-refractivity contribution in [3.63, 3.8) is 0 Å². The Bertz CT molecular complexity index is 469. The SMILES string of the molecule is CN(Cc1cccc(Cl)c1)CC1(C(=O)O)CCCCC1. The van der Waals surface area contributed by atoms with Gasteiger partial charge in [-0.1, -0.05) is 43.0 Å². The van der Waals surface area contributed by atoms with Crippen molar-refractivity contribution < 1.29 is 9.90 Å². The molecule has 1 aliphatic carbocycles. The van der Waals surface area contributed by atoms with Crippen LogP contribution < -0.4 is 0 Å². The van der Waals surface area contributed by atoms with Crippen LogP contribution in [0.15, 0.2) is 24.3 Å². The predicted molar refractivity (Wildman–Crippen MR) is 80.9 cm³/mol. The summed E-state index contributed by atoms with van der Waals surface area (Å²) in [6, 6.07) is 7.74. The van der Waals surface area contributed by atoms with Gasteiger partial charge in [-0.05, 0) is 37.6 Å². The highest BCUT2D eigenvalue weighted by molar-refractivity contribution is 6.30. The molecule has 1 aliphatic rings. The third-order valence-corrected chi connectivity index (χ3v) is 4.41. The topological polar surface area (TPSA) is 40.5 Å². The lowest BCUT2D eigenvalue weighted by molar-refractivity contribution is -0.152. The van der Waals surface area contributed by atoms with Crippen LogP contribution in [0.4, 0.5) is 0 Å². The Labute approximate surface area is 125 Å². The number of carboxylic acids is 1. The average Bonchev–Trinajstić information content (AvgIpc) is 2.39. The van der Waals surface area contributed by atoms with Gasteiger partial charge in [0.05, 0.1) is 5.41 Å². The summed E-state index contributed by atoms with van der Waals surface area (Å²) < 4.78 is 0. The number of carbonyl (C=O) groups is 1. The van der Waals surface area contributed by atoms with Gasteiger partial charge in [0.1, 0.15) is 0 Å². The number of hydrogen-bond acceptors (Lipinski definition) is 2. The Hall–Kier alpha value is -1.06. The summed E-state index contributed by atoms with van der Waals surface area (Å²) in [7, 11) is 1.99. The summed E-state index contributed by atoms with van der Waals surface area (Å²) in [4.78, 5) is 13.8. The van der Waals surface area contributed by atoms with Crippen LogP contribution in [0, 0.1) is 5.41 Å². The first-order valence-electron chi connectivity index (χ1n) is 7.18. The summed E-state index contributed by atoms with van der Waals surface area (Å²) in [5, 5.41) is 10.3. The first kappa shape index (κ1) is 15.3. The van der Waals surface area contributed by atoms with Crippen LogP contribution in [0.2, 0.25) is 5.02 Å². The van der Waals surface area contributed by atoms with E-state index in [1.807, 2.05) is 31.3 Å². The van der Waals surface area contributed by atoms with E-state index in [4.69, 9.17) is 11.6 Å². The average molecular weight is 296 g/mol. The molecule has 1 N–H and O–H groups in total. The Morgan fingerprint density at radius 1 is 1.35 bits per heavy atom. The van der Waals surface area contributed by atoms with Crippen LogP contribution in [-0.2, 0) is 11.3 Å². The molecule has 1 aromatic rings. The second-order valence-corrected chi connectivity index (χ2v) is 6.38. The molecule has 1 aromatic carbocycles. The molecule has 0 radical (unpaired) electrons. The van der Waals surface area contributed by atoms with Crippen LogP contribution in [0.25, 0.3) is 0 Å². The first-order valence-corrected chi connectivity index (χ1v) is 7.56. The molecule has 1 fully saturated rings. The molecule has 0 aromatic heterocycles. The first-order chi connectivity index (χ1) is 9.52. The van der Waals surface area contributed by atoms with Crippen molar-refractivity contribution in [1.82, 2.24) is 4.90 Å². The van der Waals surface area contributed by atoms with Gasteiger partial charge in [-0.2, -0.15) is 0 Å². The molecule has 2 rings (SSSR count). The third kappa shape index (κ3) is 3.74. The number of carboxylic acid groups (broad SMARTS) is 1. The van der Waals surface area contributed by atoms with E-state index in [-0.39, 0.29) is 0 Å². The van der Waals surface area contributed by atoms with Crippen LogP contribution in [0.3, 0.4) is 0 Å². The summed E-state index contributed by atoms with van der Waals surface area (Å²) in [5.74, 6) is -0.643. The molecule has 4 heteroatoms. The van der Waals surface area contributed by atoms with Gasteiger partial charge in [-0.15, -0.1) is 0 Å². The van der Waals surface area contributed by atoms with E-state index in [0.717, 1.165) is 49.2 Å². The summed E-state index contributed by atoms with van der Waals surface area (Å²) in [6.07, 6.45) is 4.80. The van der Waals surface area contributed by atoms with Crippen molar-refractivity contribution in [3.05, 3.63) is 34.9 Å². The molecular weight excluding hydrogens is 274 g/mol. The van der Waals surface area contributed by atoms with E-state index in [0.29, 0.717) is 6.54 Å². The fraction of sp³-hybridized carbons (Fsp3) is 0.562. The fourth-order valence-corrected chi connectivity index (χ4v) is 3.40. The number of benzene rings is 1. The van der Waals surface area contributed by atoms with Crippen molar-refractivity contribution >= 4 is 17.6 Å². The van der Waals surface area contributed by atoms with Crippen molar-refractivity contribution in [2.24, 2.45) is 5.41 Å². The molecular formula is C16H22ClNO2. The Morgan fingerprint density at radius 2 is 2.05 bits per heavy atom. The standard InChI is InChI=1S/C16H22ClNO2/c1-18(11-13-6-5-7-14(17)10-13)12-16(15(19)20)8-3-2-4-9-16/h5-7,10H,2-4,8-9,11-12H2,1H3,(H,19,20). The van der Waals surface area contributed by atoms with E-state index < -0.39 is 11.4 Å². The smallest absolute Gasteiger partial charge is 0.310 e. The normalized spacial score (nSPS) is 18.1. The third-order valence-electron chi connectivity index (χ3n) is 4.18. The van der Waals surface area contributed by atoms with Crippen LogP contribution in [0.5, 0.6) is 0 Å². The Morgan fingerprint density at radius 3 is 2.65 bits per heavy atom. The molecule has 1 saturated carbocycles. The van der Waals surface area contributed by atoms with Crippen LogP contribution >= 0.6 is 11.6 Å². The van der Waals surface area contributed by atoms with Gasteiger partial charge in [0, 0.05) is 18.1 Å². The molecule has 3 nitrogen and oxygen atoms in total. The molecule has 0 aliphatic heterocycles. The second-order valence-electron chi connectivity index (χ2n) is 5.95. The minimum atomic E-state index is -0.643. The summed E-state index contributed by atoms with van der Waals surface area (Å²) >= 11 is 5.99. The second kappa shape index (κ2) is 6.59. The lowest BCUT2D eigenvalue weighted by atomic mass is 9.73. The van der Waals surface area contributed by atoms with E-state index in [2.05, 4.69) is 4.90 Å². The van der Waals surface area contributed by atoms with Crippen LogP contribution in [0.1, 0.15) is 37.7 Å². The lowest BCUT2D eigenvalue weighted by Gasteiger charge is -2.36. The summed E-state index contributed by atoms with van der Waals surface area (Å²) in [6.45, 7) is 1.34. The molecule has 20 heavy (non-hydrogen) atoms. The highest BCUT2D eigenvalue weighted by Crippen LogP contribution is 2.37. The van der Waals surface area contributed by atoms with Gasteiger partial charge >= 0.3 is 5.97 Å². The van der Waals surface area contributed by atoms with E-state index >= 15 is 0 Å². The summed E-state index contributed by atoms with van der Waals surface area (Å²) in [5.41, 5.74) is 0.558. The van der Waals surface area contributed by atoms with Gasteiger partial charge in [0.15, 0.2) is 0 Å². The maximum atomic E-state index is 11.7. The largest absolute Gasteiger partial charge is 0.481 e. The zero-order chi connectivity index (χ0) is 14.6. The van der Waals surface area contributed by atoms with Gasteiger partial charge < -0.3 is 10.0 Å². The highest BCUT2D eigenvalue weighted by atomic mass is 35.5. The zero-order valence-electron chi connectivity index (χ0n) is 11.9. The molecule has 110 valence electrons. The van der Waals surface area contributed by atoms with Gasteiger partial charge in [0.2, 0.25) is 0 Å². The molecule has 0 amide bonds. The number of hydrogen-bond donors (Lipinski definition) is 1. The molecule has 0 heterocycles. The quantitative estimate of drug-likeness (QED) is 0.898. The van der Waals surface area contributed by atoms with E-state index in [9.17, 15) is 9.90 Å². The number of aliphatic carboxylic acids is 1. The minimum absolute atomic E-state index is 0.564. The van der Waals surface area contributed by atoms with Crippen LogP contribution in [-0.4, -0.2) is 29.6 Å².